The number of carbonyl (C=O) groups is 1. The smallest absolute Gasteiger partial charge is 0.350 e. The summed E-state index contributed by atoms with van der Waals surface area (Å²) in [7, 11) is 0. The van der Waals surface area contributed by atoms with Crippen LogP contribution in [-0.4, -0.2) is 43.5 Å². The fraction of sp³-hybridized carbons (Fsp3) is 0.219. The number of carbonyl (C=O) groups excluding carboxylic acids is 1. The van der Waals surface area contributed by atoms with Gasteiger partial charge in [0.1, 0.15) is 5.69 Å². The molecule has 11 heteroatoms. The average Bonchev–Trinajstić information content (AvgIpc) is 3.76. The van der Waals surface area contributed by atoms with Crippen LogP contribution < -0.4 is 10.6 Å². The molecule has 0 bridgehead atoms. The van der Waals surface area contributed by atoms with E-state index >= 15 is 0 Å². The molecule has 3 aromatic heterocycles. The lowest BCUT2D eigenvalue weighted by atomic mass is 10.0. The van der Waals surface area contributed by atoms with E-state index in [9.17, 15) is 18.0 Å². The molecule has 3 N–H and O–H groups in total. The molecule has 1 aliphatic heterocycles. The number of aromatic amines is 1. The monoisotopic (exact) mass is 583 g/mol. The number of fused-ring (bicyclic) bond motifs is 1. The Morgan fingerprint density at radius 3 is 2.65 bits per heavy atom. The first-order chi connectivity index (χ1) is 20.7. The molecule has 5 aromatic rings. The van der Waals surface area contributed by atoms with Crippen molar-refractivity contribution < 1.29 is 18.0 Å². The molecule has 2 aromatic carbocycles. The number of alkyl halides is 3. The Morgan fingerprint density at radius 1 is 1.05 bits per heavy atom. The second-order valence-electron chi connectivity index (χ2n) is 10.5. The van der Waals surface area contributed by atoms with Gasteiger partial charge in [-0.1, -0.05) is 18.1 Å². The standard InChI is InChI=1S/C32H28F3N7O/c1-21-6-7-23(31(43)40-25-10-8-24(20-41-12-2-3-13-41)28(16-25)32(33,34)35)15-22(21)9-11-27-19-36-30-29(5-4-14-42(27)30)39-26-17-37-38-18-26/h4-8,10,14-19,39H,2-3,12-13,20H2,1H3,(H,37,38)(H,40,43). The molecule has 43 heavy (non-hydrogen) atoms. The van der Waals surface area contributed by atoms with E-state index < -0.39 is 17.6 Å². The number of hydrogen-bond acceptors (Lipinski definition) is 5. The number of benzene rings is 2. The number of anilines is 3. The van der Waals surface area contributed by atoms with E-state index in [1.54, 1.807) is 36.8 Å². The van der Waals surface area contributed by atoms with Gasteiger partial charge >= 0.3 is 6.18 Å². The first kappa shape index (κ1) is 28.1. The van der Waals surface area contributed by atoms with Crippen molar-refractivity contribution in [3.63, 3.8) is 0 Å². The SMILES string of the molecule is Cc1ccc(C(=O)Nc2ccc(CN3CCCC3)c(C(F)(F)F)c2)cc1C#Cc1cnc2c(Nc3cn[nH]c3)cccn12. The molecule has 0 unspecified atom stereocenters. The quantitative estimate of drug-likeness (QED) is 0.202. The molecule has 4 heterocycles. The third kappa shape index (κ3) is 6.24. The Hall–Kier alpha value is -5.08. The Bertz CT molecular complexity index is 1840. The molecule has 218 valence electrons. The zero-order valence-electron chi connectivity index (χ0n) is 23.3. The van der Waals surface area contributed by atoms with Crippen LogP contribution in [0, 0.1) is 18.8 Å². The highest BCUT2D eigenvalue weighted by Crippen LogP contribution is 2.35. The van der Waals surface area contributed by atoms with Crippen LogP contribution in [0.3, 0.4) is 0 Å². The maximum absolute atomic E-state index is 13.9. The third-order valence-corrected chi connectivity index (χ3v) is 7.40. The Labute approximate surface area is 245 Å². The first-order valence-corrected chi connectivity index (χ1v) is 13.8. The van der Waals surface area contributed by atoms with Gasteiger partial charge in [0, 0.05) is 35.8 Å². The van der Waals surface area contributed by atoms with E-state index in [-0.39, 0.29) is 23.4 Å². The maximum Gasteiger partial charge on any atom is 0.416 e. The summed E-state index contributed by atoms with van der Waals surface area (Å²) in [5, 5.41) is 12.6. The van der Waals surface area contributed by atoms with E-state index in [4.69, 9.17) is 0 Å². The van der Waals surface area contributed by atoms with Crippen molar-refractivity contribution in [2.75, 3.05) is 23.7 Å². The van der Waals surface area contributed by atoms with Gasteiger partial charge in [0.2, 0.25) is 0 Å². The predicted octanol–water partition coefficient (Wildman–Crippen LogP) is 6.38. The zero-order chi connectivity index (χ0) is 30.0. The van der Waals surface area contributed by atoms with Gasteiger partial charge in [-0.05, 0) is 86.3 Å². The first-order valence-electron chi connectivity index (χ1n) is 13.8. The fourth-order valence-electron chi connectivity index (χ4n) is 5.15. The van der Waals surface area contributed by atoms with Gasteiger partial charge in [-0.2, -0.15) is 18.3 Å². The van der Waals surface area contributed by atoms with E-state index in [0.717, 1.165) is 48.9 Å². The minimum absolute atomic E-state index is 0.0845. The number of rotatable bonds is 6. The van der Waals surface area contributed by atoms with Crippen LogP contribution in [-0.2, 0) is 12.7 Å². The second-order valence-corrected chi connectivity index (χ2v) is 10.5. The van der Waals surface area contributed by atoms with Gasteiger partial charge in [0.25, 0.3) is 5.91 Å². The summed E-state index contributed by atoms with van der Waals surface area (Å²) in [4.78, 5) is 19.6. The molecule has 0 aliphatic carbocycles. The Morgan fingerprint density at radius 2 is 1.88 bits per heavy atom. The third-order valence-electron chi connectivity index (χ3n) is 7.40. The van der Waals surface area contributed by atoms with E-state index in [1.807, 2.05) is 34.6 Å². The van der Waals surface area contributed by atoms with Crippen molar-refractivity contribution in [2.45, 2.75) is 32.5 Å². The van der Waals surface area contributed by atoms with Gasteiger partial charge in [0.15, 0.2) is 5.65 Å². The highest BCUT2D eigenvalue weighted by molar-refractivity contribution is 6.04. The zero-order valence-corrected chi connectivity index (χ0v) is 23.3. The molecule has 0 radical (unpaired) electrons. The lowest BCUT2D eigenvalue weighted by molar-refractivity contribution is -0.138. The molecular formula is C32H28F3N7O. The topological polar surface area (TPSA) is 90.3 Å². The van der Waals surface area contributed by atoms with Gasteiger partial charge < -0.3 is 10.6 Å². The largest absolute Gasteiger partial charge is 0.416 e. The number of pyridine rings is 1. The van der Waals surface area contributed by atoms with Gasteiger partial charge in [-0.3, -0.25) is 19.2 Å². The maximum atomic E-state index is 13.9. The van der Waals surface area contributed by atoms with Crippen molar-refractivity contribution in [1.82, 2.24) is 24.5 Å². The number of imidazole rings is 1. The number of aryl methyl sites for hydroxylation is 1. The van der Waals surface area contributed by atoms with Crippen molar-refractivity contribution in [3.8, 4) is 11.8 Å². The number of H-pyrrole nitrogens is 1. The van der Waals surface area contributed by atoms with Gasteiger partial charge in [0.05, 0.1) is 29.3 Å². The normalized spacial score (nSPS) is 13.6. The fourth-order valence-corrected chi connectivity index (χ4v) is 5.15. The number of nitrogens with one attached hydrogen (secondary N) is 3. The number of aromatic nitrogens is 4. The summed E-state index contributed by atoms with van der Waals surface area (Å²) in [6, 6.07) is 12.8. The number of likely N-dealkylation sites (tertiary alicyclic amines) is 1. The molecule has 0 saturated carbocycles. The highest BCUT2D eigenvalue weighted by Gasteiger charge is 2.34. The minimum Gasteiger partial charge on any atom is -0.350 e. The lowest BCUT2D eigenvalue weighted by Gasteiger charge is -2.20. The summed E-state index contributed by atoms with van der Waals surface area (Å²) in [6.07, 6.45) is 4.37. The van der Waals surface area contributed by atoms with Crippen molar-refractivity contribution >= 4 is 28.6 Å². The molecule has 0 spiro atoms. The minimum atomic E-state index is -4.53. The van der Waals surface area contributed by atoms with Gasteiger partial charge in [-0.15, -0.1) is 0 Å². The molecule has 6 rings (SSSR count). The van der Waals surface area contributed by atoms with Crippen LogP contribution >= 0.6 is 0 Å². The molecule has 0 atom stereocenters. The average molecular weight is 584 g/mol. The van der Waals surface area contributed by atoms with Crippen LogP contribution in [0.25, 0.3) is 5.65 Å². The number of halogens is 3. The van der Waals surface area contributed by atoms with E-state index in [2.05, 4.69) is 37.7 Å². The molecule has 1 saturated heterocycles. The highest BCUT2D eigenvalue weighted by atomic mass is 19.4. The van der Waals surface area contributed by atoms with Crippen molar-refractivity contribution in [2.24, 2.45) is 0 Å². The summed E-state index contributed by atoms with van der Waals surface area (Å²) < 4.78 is 43.6. The molecule has 1 fully saturated rings. The van der Waals surface area contributed by atoms with Crippen LogP contribution in [0.2, 0.25) is 0 Å². The summed E-state index contributed by atoms with van der Waals surface area (Å²) in [6.45, 7) is 3.69. The Balaban J connectivity index is 1.22. The molecule has 1 amide bonds. The summed E-state index contributed by atoms with van der Waals surface area (Å²) in [5.74, 6) is 5.73. The van der Waals surface area contributed by atoms with Crippen LogP contribution in [0.1, 0.15) is 51.1 Å². The molecule has 1 aliphatic rings. The van der Waals surface area contributed by atoms with Crippen molar-refractivity contribution in [3.05, 3.63) is 107 Å². The van der Waals surface area contributed by atoms with Crippen molar-refractivity contribution in [1.29, 1.82) is 0 Å². The second kappa shape index (κ2) is 11.7. The molecular weight excluding hydrogens is 555 g/mol. The van der Waals surface area contributed by atoms with E-state index in [0.29, 0.717) is 16.9 Å². The summed E-state index contributed by atoms with van der Waals surface area (Å²) in [5.41, 5.74) is 4.22. The number of amides is 1. The number of nitrogens with zero attached hydrogens (tertiary/aromatic N) is 4. The molecule has 8 nitrogen and oxygen atoms in total. The van der Waals surface area contributed by atoms with Crippen LogP contribution in [0.5, 0.6) is 0 Å². The Kier molecular flexibility index (Phi) is 7.61. The number of hydrogen-bond donors (Lipinski definition) is 3. The van der Waals surface area contributed by atoms with Gasteiger partial charge in [-0.25, -0.2) is 4.98 Å². The summed E-state index contributed by atoms with van der Waals surface area (Å²) >= 11 is 0. The van der Waals surface area contributed by atoms with Crippen LogP contribution in [0.4, 0.5) is 30.2 Å². The van der Waals surface area contributed by atoms with E-state index in [1.165, 1.54) is 12.1 Å². The van der Waals surface area contributed by atoms with Crippen LogP contribution in [0.15, 0.2) is 73.3 Å². The lowest BCUT2D eigenvalue weighted by Crippen LogP contribution is -2.21. The predicted molar refractivity (Wildman–Crippen MR) is 158 cm³/mol.